The van der Waals surface area contributed by atoms with Crippen molar-refractivity contribution in [3.63, 3.8) is 0 Å². The minimum Gasteiger partial charge on any atom is -0.381 e. The van der Waals surface area contributed by atoms with Crippen molar-refractivity contribution in [1.29, 1.82) is 0 Å². The van der Waals surface area contributed by atoms with Crippen LogP contribution in [0, 0.1) is 16.0 Å². The number of ether oxygens (including phenoxy) is 1. The molecule has 0 saturated carbocycles. The summed E-state index contributed by atoms with van der Waals surface area (Å²) >= 11 is 11.7. The molecule has 0 atom stereocenters. The summed E-state index contributed by atoms with van der Waals surface area (Å²) in [4.78, 5) is 10.5. The summed E-state index contributed by atoms with van der Waals surface area (Å²) in [5.41, 5.74) is 0.354. The lowest BCUT2D eigenvalue weighted by molar-refractivity contribution is -0.383. The summed E-state index contributed by atoms with van der Waals surface area (Å²) in [6.07, 6.45) is 1.92. The molecule has 5 nitrogen and oxygen atoms in total. The Hall–Kier alpha value is -1.04. The summed E-state index contributed by atoms with van der Waals surface area (Å²) in [5.74, 6) is 0.461. The van der Waals surface area contributed by atoms with Gasteiger partial charge < -0.3 is 10.1 Å². The van der Waals surface area contributed by atoms with Crippen molar-refractivity contribution < 1.29 is 9.66 Å². The van der Waals surface area contributed by atoms with Crippen LogP contribution >= 0.6 is 23.2 Å². The van der Waals surface area contributed by atoms with Gasteiger partial charge in [-0.3, -0.25) is 10.1 Å². The topological polar surface area (TPSA) is 64.4 Å². The molecule has 1 fully saturated rings. The first-order valence-electron chi connectivity index (χ1n) is 6.03. The summed E-state index contributed by atoms with van der Waals surface area (Å²) in [5, 5.41) is 14.6. The van der Waals surface area contributed by atoms with Gasteiger partial charge in [0.15, 0.2) is 0 Å². The molecule has 1 aromatic carbocycles. The van der Waals surface area contributed by atoms with Crippen LogP contribution in [0.15, 0.2) is 12.1 Å². The van der Waals surface area contributed by atoms with E-state index in [1.807, 2.05) is 0 Å². The number of benzene rings is 1. The molecule has 0 aliphatic carbocycles. The molecule has 2 rings (SSSR count). The van der Waals surface area contributed by atoms with Gasteiger partial charge in [0.2, 0.25) is 0 Å². The van der Waals surface area contributed by atoms with Gasteiger partial charge in [-0.25, -0.2) is 0 Å². The van der Waals surface area contributed by atoms with Crippen LogP contribution in [0.1, 0.15) is 12.8 Å². The third-order valence-electron chi connectivity index (χ3n) is 3.16. The summed E-state index contributed by atoms with van der Waals surface area (Å²) in [6, 6.07) is 2.78. The summed E-state index contributed by atoms with van der Waals surface area (Å²) in [6.45, 7) is 2.16. The molecule has 7 heteroatoms. The Morgan fingerprint density at radius 3 is 2.58 bits per heavy atom. The number of rotatable bonds is 4. The molecule has 1 aliphatic rings. The highest BCUT2D eigenvalue weighted by atomic mass is 35.5. The van der Waals surface area contributed by atoms with E-state index in [4.69, 9.17) is 27.9 Å². The molecular formula is C12H14Cl2N2O3. The highest BCUT2D eigenvalue weighted by Gasteiger charge is 2.19. The summed E-state index contributed by atoms with van der Waals surface area (Å²) in [7, 11) is 0. The van der Waals surface area contributed by atoms with Crippen LogP contribution < -0.4 is 5.32 Å². The molecule has 0 bridgehead atoms. The number of hydrogen-bond donors (Lipinski definition) is 1. The number of halogens is 2. The smallest absolute Gasteiger partial charge is 0.293 e. The van der Waals surface area contributed by atoms with Crippen molar-refractivity contribution in [2.45, 2.75) is 12.8 Å². The van der Waals surface area contributed by atoms with Gasteiger partial charge >= 0.3 is 0 Å². The molecule has 0 unspecified atom stereocenters. The van der Waals surface area contributed by atoms with E-state index in [1.54, 1.807) is 0 Å². The third kappa shape index (κ3) is 3.72. The van der Waals surface area contributed by atoms with E-state index in [0.717, 1.165) is 26.1 Å². The van der Waals surface area contributed by atoms with E-state index in [9.17, 15) is 10.1 Å². The van der Waals surface area contributed by atoms with Gasteiger partial charge in [-0.15, -0.1) is 0 Å². The maximum atomic E-state index is 11.0. The number of nitro benzene ring substituents is 1. The fraction of sp³-hybridized carbons (Fsp3) is 0.500. The Balaban J connectivity index is 2.09. The molecular weight excluding hydrogens is 291 g/mol. The Labute approximate surface area is 121 Å². The average Bonchev–Trinajstić information content (AvgIpc) is 2.40. The predicted octanol–water partition coefficient (Wildman–Crippen LogP) is 3.74. The fourth-order valence-electron chi connectivity index (χ4n) is 2.03. The Bertz CT molecular complexity index is 476. The van der Waals surface area contributed by atoms with Crippen LogP contribution in [0.5, 0.6) is 0 Å². The lowest BCUT2D eigenvalue weighted by Crippen LogP contribution is -2.22. The quantitative estimate of drug-likeness (QED) is 0.680. The Kier molecular flexibility index (Phi) is 4.85. The van der Waals surface area contributed by atoms with E-state index >= 15 is 0 Å². The van der Waals surface area contributed by atoms with E-state index in [1.165, 1.54) is 12.1 Å². The first kappa shape index (κ1) is 14.4. The number of nitrogens with one attached hydrogen (secondary N) is 1. The predicted molar refractivity (Wildman–Crippen MR) is 75.1 cm³/mol. The highest BCUT2D eigenvalue weighted by Crippen LogP contribution is 2.34. The fourth-order valence-corrected chi connectivity index (χ4v) is 2.36. The maximum absolute atomic E-state index is 11.0. The monoisotopic (exact) mass is 304 g/mol. The van der Waals surface area contributed by atoms with Crippen molar-refractivity contribution in [2.24, 2.45) is 5.92 Å². The molecule has 0 radical (unpaired) electrons. The van der Waals surface area contributed by atoms with Crippen molar-refractivity contribution in [3.8, 4) is 0 Å². The van der Waals surface area contributed by atoms with Crippen LogP contribution in [0.3, 0.4) is 0 Å². The zero-order valence-corrected chi connectivity index (χ0v) is 11.7. The van der Waals surface area contributed by atoms with E-state index in [-0.39, 0.29) is 10.7 Å². The molecule has 19 heavy (non-hydrogen) atoms. The molecule has 1 aliphatic heterocycles. The van der Waals surface area contributed by atoms with Gasteiger partial charge in [0.25, 0.3) is 5.69 Å². The second kappa shape index (κ2) is 6.41. The van der Waals surface area contributed by atoms with Gasteiger partial charge in [0.1, 0.15) is 5.69 Å². The maximum Gasteiger partial charge on any atom is 0.293 e. The van der Waals surface area contributed by atoms with Gasteiger partial charge in [-0.05, 0) is 24.8 Å². The van der Waals surface area contributed by atoms with Crippen LogP contribution in [0.25, 0.3) is 0 Å². The van der Waals surface area contributed by atoms with Gasteiger partial charge in [0.05, 0.1) is 15.0 Å². The highest BCUT2D eigenvalue weighted by molar-refractivity contribution is 6.42. The Morgan fingerprint density at radius 2 is 1.95 bits per heavy atom. The molecule has 1 heterocycles. The number of nitrogens with zero attached hydrogens (tertiary/aromatic N) is 1. The SMILES string of the molecule is O=[N+]([O-])c1cc(Cl)c(Cl)cc1NCC1CCOCC1. The molecule has 1 N–H and O–H groups in total. The molecule has 0 amide bonds. The number of hydrogen-bond acceptors (Lipinski definition) is 4. The van der Waals surface area contributed by atoms with Crippen molar-refractivity contribution in [3.05, 3.63) is 32.3 Å². The third-order valence-corrected chi connectivity index (χ3v) is 3.88. The normalized spacial score (nSPS) is 16.3. The second-order valence-corrected chi connectivity index (χ2v) is 5.29. The Morgan fingerprint density at radius 1 is 1.32 bits per heavy atom. The minimum absolute atomic E-state index is 0.0542. The molecule has 0 aromatic heterocycles. The van der Waals surface area contributed by atoms with Gasteiger partial charge in [-0.2, -0.15) is 0 Å². The largest absolute Gasteiger partial charge is 0.381 e. The van der Waals surface area contributed by atoms with E-state index in [2.05, 4.69) is 5.32 Å². The standard InChI is InChI=1S/C12H14Cl2N2O3/c13-9-5-11(12(16(17)18)6-10(9)14)15-7-8-1-3-19-4-2-8/h5-6,8,15H,1-4,7H2. The average molecular weight is 305 g/mol. The number of nitro groups is 1. The van der Waals surface area contributed by atoms with Gasteiger partial charge in [0, 0.05) is 25.8 Å². The molecule has 104 valence electrons. The zero-order chi connectivity index (χ0) is 13.8. The van der Waals surface area contributed by atoms with Gasteiger partial charge in [-0.1, -0.05) is 23.2 Å². The molecule has 0 spiro atoms. The van der Waals surface area contributed by atoms with Crippen LogP contribution in [0.2, 0.25) is 10.0 Å². The number of anilines is 1. The minimum atomic E-state index is -0.464. The molecule has 1 aromatic rings. The molecule has 1 saturated heterocycles. The summed E-state index contributed by atoms with van der Waals surface area (Å²) < 4.78 is 5.27. The van der Waals surface area contributed by atoms with Crippen LogP contribution in [-0.2, 0) is 4.74 Å². The van der Waals surface area contributed by atoms with Crippen molar-refractivity contribution in [1.82, 2.24) is 0 Å². The van der Waals surface area contributed by atoms with E-state index in [0.29, 0.717) is 23.2 Å². The second-order valence-electron chi connectivity index (χ2n) is 4.48. The van der Waals surface area contributed by atoms with Crippen LogP contribution in [-0.4, -0.2) is 24.7 Å². The van der Waals surface area contributed by atoms with Crippen molar-refractivity contribution >= 4 is 34.6 Å². The zero-order valence-electron chi connectivity index (χ0n) is 10.2. The van der Waals surface area contributed by atoms with Crippen molar-refractivity contribution in [2.75, 3.05) is 25.1 Å². The van der Waals surface area contributed by atoms with E-state index < -0.39 is 4.92 Å². The van der Waals surface area contributed by atoms with Crippen LogP contribution in [0.4, 0.5) is 11.4 Å². The lowest BCUT2D eigenvalue weighted by atomic mass is 10.0. The first-order chi connectivity index (χ1) is 9.08. The first-order valence-corrected chi connectivity index (χ1v) is 6.78. The lowest BCUT2D eigenvalue weighted by Gasteiger charge is -2.22.